The molecule has 0 saturated heterocycles. The molecule has 2 N–H and O–H groups in total. The lowest BCUT2D eigenvalue weighted by molar-refractivity contribution is 0.271. The van der Waals surface area contributed by atoms with Crippen molar-refractivity contribution in [2.45, 2.75) is 13.8 Å². The van der Waals surface area contributed by atoms with Crippen LogP contribution in [0, 0.1) is 12.8 Å². The summed E-state index contributed by atoms with van der Waals surface area (Å²) in [6.07, 6.45) is 0. The Labute approximate surface area is 110 Å². The van der Waals surface area contributed by atoms with Gasteiger partial charge in [-0.3, -0.25) is 0 Å². The molecule has 1 aromatic carbocycles. The molecule has 0 saturated carbocycles. The van der Waals surface area contributed by atoms with E-state index in [-0.39, 0.29) is 11.7 Å². The summed E-state index contributed by atoms with van der Waals surface area (Å²) >= 11 is 3.40. The number of aryl methyl sites for hydroxylation is 1. The maximum atomic E-state index is 10.9. The van der Waals surface area contributed by atoms with Crippen molar-refractivity contribution in [2.24, 2.45) is 11.1 Å². The molecule has 1 aromatic rings. The van der Waals surface area contributed by atoms with E-state index >= 15 is 0 Å². The molecule has 96 valence electrons. The fraction of sp³-hybridized carbons (Fsp3) is 0.455. The van der Waals surface area contributed by atoms with Gasteiger partial charge in [0.2, 0.25) is 10.0 Å². The standard InChI is InChI=1S/C11H16BrNO3S/c1-8(7-17(13,14)15)6-16-10-3-4-11(12)9(2)5-10/h3-5,8H,6-7H2,1-2H3,(H2,13,14,15). The number of ether oxygens (including phenoxy) is 1. The number of hydrogen-bond donors (Lipinski definition) is 1. The molecular formula is C11H16BrNO3S. The molecule has 0 spiro atoms. The number of benzene rings is 1. The van der Waals surface area contributed by atoms with E-state index in [0.29, 0.717) is 6.61 Å². The summed E-state index contributed by atoms with van der Waals surface area (Å²) in [5.41, 5.74) is 1.07. The maximum Gasteiger partial charge on any atom is 0.209 e. The van der Waals surface area contributed by atoms with E-state index in [1.807, 2.05) is 25.1 Å². The van der Waals surface area contributed by atoms with Gasteiger partial charge in [-0.2, -0.15) is 0 Å². The molecule has 0 aromatic heterocycles. The third kappa shape index (κ3) is 5.52. The molecule has 6 heteroatoms. The number of hydrogen-bond acceptors (Lipinski definition) is 3. The van der Waals surface area contributed by atoms with E-state index in [9.17, 15) is 8.42 Å². The molecule has 0 radical (unpaired) electrons. The number of primary sulfonamides is 1. The van der Waals surface area contributed by atoms with Gasteiger partial charge >= 0.3 is 0 Å². The van der Waals surface area contributed by atoms with Crippen molar-refractivity contribution in [1.82, 2.24) is 0 Å². The van der Waals surface area contributed by atoms with E-state index < -0.39 is 10.0 Å². The Balaban J connectivity index is 2.53. The van der Waals surface area contributed by atoms with Crippen LogP contribution < -0.4 is 9.88 Å². The minimum Gasteiger partial charge on any atom is -0.493 e. The average molecular weight is 322 g/mol. The first-order valence-corrected chi connectivity index (χ1v) is 7.68. The molecule has 0 heterocycles. The zero-order chi connectivity index (χ0) is 13.1. The first-order chi connectivity index (χ1) is 7.78. The Morgan fingerprint density at radius 1 is 1.47 bits per heavy atom. The predicted octanol–water partition coefficient (Wildman–Crippen LogP) is 2.06. The summed E-state index contributed by atoms with van der Waals surface area (Å²) in [4.78, 5) is 0. The zero-order valence-corrected chi connectivity index (χ0v) is 12.2. The number of rotatable bonds is 5. The van der Waals surface area contributed by atoms with Crippen molar-refractivity contribution in [3.05, 3.63) is 28.2 Å². The highest BCUT2D eigenvalue weighted by Crippen LogP contribution is 2.21. The minimum atomic E-state index is -3.43. The molecule has 0 aliphatic carbocycles. The van der Waals surface area contributed by atoms with Gasteiger partial charge in [0, 0.05) is 10.4 Å². The highest BCUT2D eigenvalue weighted by molar-refractivity contribution is 9.10. The van der Waals surface area contributed by atoms with Crippen LogP contribution in [0.1, 0.15) is 12.5 Å². The second-order valence-corrected chi connectivity index (χ2v) is 6.67. The molecule has 0 fully saturated rings. The second-order valence-electron chi connectivity index (χ2n) is 4.16. The van der Waals surface area contributed by atoms with Crippen molar-refractivity contribution < 1.29 is 13.2 Å². The molecule has 1 atom stereocenters. The number of nitrogens with two attached hydrogens (primary N) is 1. The Hall–Kier alpha value is -0.590. The van der Waals surface area contributed by atoms with E-state index in [4.69, 9.17) is 9.88 Å². The van der Waals surface area contributed by atoms with Gasteiger partial charge < -0.3 is 4.74 Å². The van der Waals surface area contributed by atoms with E-state index in [1.54, 1.807) is 6.92 Å². The molecule has 0 bridgehead atoms. The van der Waals surface area contributed by atoms with Crippen molar-refractivity contribution in [1.29, 1.82) is 0 Å². The Morgan fingerprint density at radius 3 is 2.65 bits per heavy atom. The van der Waals surface area contributed by atoms with Crippen molar-refractivity contribution in [2.75, 3.05) is 12.4 Å². The molecule has 1 rings (SSSR count). The first-order valence-electron chi connectivity index (χ1n) is 5.17. The Kier molecular flexibility index (Phi) is 4.97. The van der Waals surface area contributed by atoms with Crippen molar-refractivity contribution in [3.63, 3.8) is 0 Å². The van der Waals surface area contributed by atoms with Crippen LogP contribution in [-0.2, 0) is 10.0 Å². The largest absolute Gasteiger partial charge is 0.493 e. The molecule has 1 unspecified atom stereocenters. The summed E-state index contributed by atoms with van der Waals surface area (Å²) in [5.74, 6) is 0.531. The summed E-state index contributed by atoms with van der Waals surface area (Å²) in [6, 6.07) is 5.63. The minimum absolute atomic E-state index is 0.0670. The van der Waals surface area contributed by atoms with Gasteiger partial charge in [0.15, 0.2) is 0 Å². The van der Waals surface area contributed by atoms with Crippen LogP contribution in [0.15, 0.2) is 22.7 Å². The summed E-state index contributed by atoms with van der Waals surface area (Å²) in [7, 11) is -3.43. The van der Waals surface area contributed by atoms with Crippen LogP contribution >= 0.6 is 15.9 Å². The molecule has 0 aliphatic rings. The van der Waals surface area contributed by atoms with Gasteiger partial charge in [0.05, 0.1) is 12.4 Å². The smallest absolute Gasteiger partial charge is 0.209 e. The third-order valence-corrected chi connectivity index (χ3v) is 4.10. The van der Waals surface area contributed by atoms with E-state index in [2.05, 4.69) is 15.9 Å². The highest BCUT2D eigenvalue weighted by atomic mass is 79.9. The predicted molar refractivity (Wildman–Crippen MR) is 71.5 cm³/mol. The van der Waals surface area contributed by atoms with Crippen LogP contribution in [-0.4, -0.2) is 20.8 Å². The zero-order valence-electron chi connectivity index (χ0n) is 9.81. The number of halogens is 1. The fourth-order valence-electron chi connectivity index (χ4n) is 1.39. The molecule has 17 heavy (non-hydrogen) atoms. The molecule has 0 aliphatic heterocycles. The van der Waals surface area contributed by atoms with Crippen LogP contribution in [0.25, 0.3) is 0 Å². The monoisotopic (exact) mass is 321 g/mol. The number of sulfonamides is 1. The first kappa shape index (κ1) is 14.5. The van der Waals surface area contributed by atoms with Crippen LogP contribution in [0.2, 0.25) is 0 Å². The van der Waals surface area contributed by atoms with Gasteiger partial charge in [0.1, 0.15) is 5.75 Å². The summed E-state index contributed by atoms with van der Waals surface area (Å²) in [6.45, 7) is 4.08. The van der Waals surface area contributed by atoms with E-state index in [0.717, 1.165) is 15.8 Å². The maximum absolute atomic E-state index is 10.9. The quantitative estimate of drug-likeness (QED) is 0.902. The Bertz CT molecular complexity index is 487. The second kappa shape index (κ2) is 5.84. The fourth-order valence-corrected chi connectivity index (χ4v) is 2.53. The molecule has 0 amide bonds. The topological polar surface area (TPSA) is 69.4 Å². The van der Waals surface area contributed by atoms with Crippen LogP contribution in [0.4, 0.5) is 0 Å². The Morgan fingerprint density at radius 2 is 2.12 bits per heavy atom. The van der Waals surface area contributed by atoms with Gasteiger partial charge in [0.25, 0.3) is 0 Å². The summed E-state index contributed by atoms with van der Waals surface area (Å²) < 4.78 is 28.3. The lowest BCUT2D eigenvalue weighted by Crippen LogP contribution is -2.25. The van der Waals surface area contributed by atoms with Crippen molar-refractivity contribution in [3.8, 4) is 5.75 Å². The summed E-state index contributed by atoms with van der Waals surface area (Å²) in [5, 5.41) is 4.96. The molecule has 4 nitrogen and oxygen atoms in total. The van der Waals surface area contributed by atoms with Gasteiger partial charge in [-0.1, -0.05) is 22.9 Å². The van der Waals surface area contributed by atoms with Crippen LogP contribution in [0.3, 0.4) is 0 Å². The normalized spacial score (nSPS) is 13.4. The lowest BCUT2D eigenvalue weighted by Gasteiger charge is -2.12. The van der Waals surface area contributed by atoms with E-state index in [1.165, 1.54) is 0 Å². The lowest BCUT2D eigenvalue weighted by atomic mass is 10.2. The van der Waals surface area contributed by atoms with Gasteiger partial charge in [-0.15, -0.1) is 0 Å². The van der Waals surface area contributed by atoms with Gasteiger partial charge in [-0.25, -0.2) is 13.6 Å². The van der Waals surface area contributed by atoms with Crippen molar-refractivity contribution >= 4 is 26.0 Å². The van der Waals surface area contributed by atoms with Crippen LogP contribution in [0.5, 0.6) is 5.75 Å². The third-order valence-electron chi connectivity index (χ3n) is 2.18. The average Bonchev–Trinajstić information content (AvgIpc) is 2.17. The van der Waals surface area contributed by atoms with Gasteiger partial charge in [-0.05, 0) is 30.7 Å². The highest BCUT2D eigenvalue weighted by Gasteiger charge is 2.11. The molecular weight excluding hydrogens is 306 g/mol. The SMILES string of the molecule is Cc1cc(OCC(C)CS(N)(=O)=O)ccc1Br.